The minimum Gasteiger partial charge on any atom is -0.455 e. The minimum absolute atomic E-state index is 0.0584. The van der Waals surface area contributed by atoms with Crippen LogP contribution in [0.4, 0.5) is 13.2 Å². The fourth-order valence-electron chi connectivity index (χ4n) is 2.40. The van der Waals surface area contributed by atoms with Gasteiger partial charge in [0.1, 0.15) is 0 Å². The molecule has 3 aromatic rings. The Bertz CT molecular complexity index is 934. The summed E-state index contributed by atoms with van der Waals surface area (Å²) >= 11 is 0. The largest absolute Gasteiger partial charge is 0.455 e. The van der Waals surface area contributed by atoms with Crippen molar-refractivity contribution >= 4 is 5.97 Å². The van der Waals surface area contributed by atoms with Crippen molar-refractivity contribution in [2.24, 2.45) is 0 Å². The molecule has 2 aromatic carbocycles. The predicted octanol–water partition coefficient (Wildman–Crippen LogP) is 4.35. The Morgan fingerprint density at radius 3 is 2.48 bits per heavy atom. The lowest BCUT2D eigenvalue weighted by molar-refractivity contribution is -0.145. The lowest BCUT2D eigenvalue weighted by atomic mass is 10.1. The summed E-state index contributed by atoms with van der Waals surface area (Å²) in [5, 5.41) is 3.70. The molecule has 0 saturated carbocycles. The number of carbonyl (C=O) groups excluding carboxylic acids is 1. The highest BCUT2D eigenvalue weighted by Crippen LogP contribution is 2.30. The van der Waals surface area contributed by atoms with Crippen molar-refractivity contribution in [3.8, 4) is 11.4 Å². The minimum atomic E-state index is -4.41. The summed E-state index contributed by atoms with van der Waals surface area (Å²) < 4.78 is 47.9. The molecule has 8 heteroatoms. The highest BCUT2D eigenvalue weighted by molar-refractivity contribution is 5.73. The Morgan fingerprint density at radius 2 is 1.81 bits per heavy atom. The van der Waals surface area contributed by atoms with Gasteiger partial charge in [-0.1, -0.05) is 41.6 Å². The molecule has 0 spiro atoms. The van der Waals surface area contributed by atoms with Crippen LogP contribution in [0.1, 0.15) is 22.6 Å². The molecule has 0 amide bonds. The molecule has 140 valence electrons. The number of aromatic nitrogens is 2. The number of halogens is 3. The molecule has 3 rings (SSSR count). The molecule has 0 aliphatic heterocycles. The topological polar surface area (TPSA) is 65.2 Å². The fourth-order valence-corrected chi connectivity index (χ4v) is 2.40. The highest BCUT2D eigenvalue weighted by atomic mass is 19.4. The number of rotatable bonds is 5. The van der Waals surface area contributed by atoms with Crippen LogP contribution in [0.25, 0.3) is 11.4 Å². The first-order valence-electron chi connectivity index (χ1n) is 8.03. The Hall–Kier alpha value is -3.16. The standard InChI is InChI=1S/C19H15F3N2O3/c1-12-4-2-3-5-14(12)10-17(25)26-11-16-23-18(24-27-16)13-6-8-15(9-7-13)19(20,21)22/h2-9H,10-11H2,1H3. The van der Waals surface area contributed by atoms with Crippen LogP contribution in [-0.4, -0.2) is 16.1 Å². The van der Waals surface area contributed by atoms with Crippen LogP contribution in [0.3, 0.4) is 0 Å². The normalized spacial score (nSPS) is 11.4. The maximum Gasteiger partial charge on any atom is 0.416 e. The second-order valence-electron chi connectivity index (χ2n) is 5.85. The fraction of sp³-hybridized carbons (Fsp3) is 0.211. The SMILES string of the molecule is Cc1ccccc1CC(=O)OCc1nc(-c2ccc(C(F)(F)F)cc2)no1. The Labute approximate surface area is 152 Å². The van der Waals surface area contributed by atoms with E-state index in [0.717, 1.165) is 23.3 Å². The Morgan fingerprint density at radius 1 is 1.11 bits per heavy atom. The molecule has 0 bridgehead atoms. The number of hydrogen-bond acceptors (Lipinski definition) is 5. The molecule has 0 saturated heterocycles. The smallest absolute Gasteiger partial charge is 0.416 e. The zero-order valence-electron chi connectivity index (χ0n) is 14.3. The zero-order chi connectivity index (χ0) is 19.4. The lowest BCUT2D eigenvalue weighted by Crippen LogP contribution is -2.09. The van der Waals surface area contributed by atoms with E-state index in [2.05, 4.69) is 10.1 Å². The number of alkyl halides is 3. The summed E-state index contributed by atoms with van der Waals surface area (Å²) in [4.78, 5) is 16.0. The van der Waals surface area contributed by atoms with Crippen LogP contribution >= 0.6 is 0 Å². The molecule has 1 heterocycles. The number of aryl methyl sites for hydroxylation is 1. The molecule has 0 radical (unpaired) electrons. The van der Waals surface area contributed by atoms with Gasteiger partial charge >= 0.3 is 12.1 Å². The van der Waals surface area contributed by atoms with Crippen molar-refractivity contribution in [2.45, 2.75) is 26.1 Å². The van der Waals surface area contributed by atoms with E-state index < -0.39 is 17.7 Å². The maximum absolute atomic E-state index is 12.6. The summed E-state index contributed by atoms with van der Waals surface area (Å²) in [6, 6.07) is 11.8. The van der Waals surface area contributed by atoms with Gasteiger partial charge in [-0.3, -0.25) is 4.79 Å². The molecule has 1 aromatic heterocycles. The van der Waals surface area contributed by atoms with Gasteiger partial charge in [0.2, 0.25) is 5.82 Å². The van der Waals surface area contributed by atoms with Crippen molar-refractivity contribution in [2.75, 3.05) is 0 Å². The van der Waals surface area contributed by atoms with Crippen molar-refractivity contribution in [1.29, 1.82) is 0 Å². The summed E-state index contributed by atoms with van der Waals surface area (Å²) in [6.07, 6.45) is -4.29. The van der Waals surface area contributed by atoms with Crippen LogP contribution < -0.4 is 0 Å². The number of hydrogen-bond donors (Lipinski definition) is 0. The number of carbonyl (C=O) groups is 1. The van der Waals surface area contributed by atoms with Crippen LogP contribution in [0.5, 0.6) is 0 Å². The van der Waals surface area contributed by atoms with Gasteiger partial charge in [0, 0.05) is 5.56 Å². The van der Waals surface area contributed by atoms with Gasteiger partial charge in [0.05, 0.1) is 12.0 Å². The van der Waals surface area contributed by atoms with Gasteiger partial charge < -0.3 is 9.26 Å². The molecular weight excluding hydrogens is 361 g/mol. The molecular formula is C19H15F3N2O3. The molecule has 0 atom stereocenters. The van der Waals surface area contributed by atoms with E-state index in [4.69, 9.17) is 9.26 Å². The average Bonchev–Trinajstić information content (AvgIpc) is 3.10. The zero-order valence-corrected chi connectivity index (χ0v) is 14.3. The van der Waals surface area contributed by atoms with Gasteiger partial charge in [0.25, 0.3) is 5.89 Å². The van der Waals surface area contributed by atoms with Gasteiger partial charge in [-0.05, 0) is 30.2 Å². The number of esters is 1. The number of ether oxygens (including phenoxy) is 1. The van der Waals surface area contributed by atoms with E-state index in [1.54, 1.807) is 0 Å². The quantitative estimate of drug-likeness (QED) is 0.620. The highest BCUT2D eigenvalue weighted by Gasteiger charge is 2.30. The third kappa shape index (κ3) is 4.72. The predicted molar refractivity (Wildman–Crippen MR) is 89.4 cm³/mol. The third-order valence-corrected chi connectivity index (χ3v) is 3.89. The molecule has 27 heavy (non-hydrogen) atoms. The van der Waals surface area contributed by atoms with E-state index >= 15 is 0 Å². The maximum atomic E-state index is 12.6. The van der Waals surface area contributed by atoms with Crippen LogP contribution in [0.2, 0.25) is 0 Å². The van der Waals surface area contributed by atoms with Crippen molar-refractivity contribution in [1.82, 2.24) is 10.1 Å². The van der Waals surface area contributed by atoms with E-state index in [9.17, 15) is 18.0 Å². The first-order chi connectivity index (χ1) is 12.8. The van der Waals surface area contributed by atoms with E-state index in [0.29, 0.717) is 5.56 Å². The number of benzene rings is 2. The van der Waals surface area contributed by atoms with Gasteiger partial charge in [0.15, 0.2) is 6.61 Å². The van der Waals surface area contributed by atoms with Crippen LogP contribution in [-0.2, 0) is 28.7 Å². The second kappa shape index (κ2) is 7.61. The van der Waals surface area contributed by atoms with Gasteiger partial charge in [-0.25, -0.2) is 0 Å². The van der Waals surface area contributed by atoms with Crippen molar-refractivity contribution in [3.63, 3.8) is 0 Å². The van der Waals surface area contributed by atoms with E-state index in [1.807, 2.05) is 31.2 Å². The van der Waals surface area contributed by atoms with Crippen molar-refractivity contribution in [3.05, 3.63) is 71.1 Å². The Balaban J connectivity index is 1.59. The lowest BCUT2D eigenvalue weighted by Gasteiger charge is -2.05. The number of nitrogens with zero attached hydrogens (tertiary/aromatic N) is 2. The van der Waals surface area contributed by atoms with E-state index in [1.165, 1.54) is 12.1 Å². The van der Waals surface area contributed by atoms with Crippen molar-refractivity contribution < 1.29 is 27.2 Å². The second-order valence-corrected chi connectivity index (χ2v) is 5.85. The van der Waals surface area contributed by atoms with E-state index in [-0.39, 0.29) is 24.7 Å². The summed E-state index contributed by atoms with van der Waals surface area (Å²) in [5.41, 5.74) is 1.44. The summed E-state index contributed by atoms with van der Waals surface area (Å²) in [6.45, 7) is 1.69. The average molecular weight is 376 g/mol. The molecule has 0 fully saturated rings. The Kier molecular flexibility index (Phi) is 5.25. The first-order valence-corrected chi connectivity index (χ1v) is 8.03. The summed E-state index contributed by atoms with van der Waals surface area (Å²) in [7, 11) is 0. The van der Waals surface area contributed by atoms with Crippen LogP contribution in [0.15, 0.2) is 53.1 Å². The summed E-state index contributed by atoms with van der Waals surface area (Å²) in [5.74, 6) is -0.268. The first kappa shape index (κ1) is 18.6. The molecule has 5 nitrogen and oxygen atoms in total. The van der Waals surface area contributed by atoms with Gasteiger partial charge in [-0.15, -0.1) is 0 Å². The van der Waals surface area contributed by atoms with Gasteiger partial charge in [-0.2, -0.15) is 18.2 Å². The molecule has 0 aliphatic rings. The van der Waals surface area contributed by atoms with Crippen LogP contribution in [0, 0.1) is 6.92 Å². The molecule has 0 aliphatic carbocycles. The third-order valence-electron chi connectivity index (χ3n) is 3.89. The molecule has 0 N–H and O–H groups in total. The monoisotopic (exact) mass is 376 g/mol. The molecule has 0 unspecified atom stereocenters.